The van der Waals surface area contributed by atoms with Crippen molar-refractivity contribution in [3.8, 4) is 0 Å². The van der Waals surface area contributed by atoms with Crippen LogP contribution in [0.1, 0.15) is 44.9 Å². The van der Waals surface area contributed by atoms with Crippen molar-refractivity contribution in [3.05, 3.63) is 0 Å². The smallest absolute Gasteiger partial charge is 0.303 e. The van der Waals surface area contributed by atoms with Gasteiger partial charge in [-0.2, -0.15) is 0 Å². The number of rotatable bonds is 3. The number of aliphatic carboxylic acids is 1. The Morgan fingerprint density at radius 3 is 2.47 bits per heavy atom. The molecular weight excluding hydrogens is 218 g/mol. The first-order valence-corrected chi connectivity index (χ1v) is 6.64. The highest BCUT2D eigenvalue weighted by molar-refractivity contribution is 5.82. The average Bonchev–Trinajstić information content (AvgIpc) is 3.10. The molecule has 1 atom stereocenters. The molecule has 1 amide bonds. The molecule has 1 unspecified atom stereocenters. The zero-order valence-corrected chi connectivity index (χ0v) is 10.0. The van der Waals surface area contributed by atoms with E-state index in [0.29, 0.717) is 11.8 Å². The summed E-state index contributed by atoms with van der Waals surface area (Å²) in [7, 11) is 0. The van der Waals surface area contributed by atoms with Crippen molar-refractivity contribution in [1.82, 2.24) is 4.90 Å². The van der Waals surface area contributed by atoms with Gasteiger partial charge in [-0.05, 0) is 44.4 Å². The molecule has 4 heteroatoms. The van der Waals surface area contributed by atoms with E-state index in [9.17, 15) is 9.59 Å². The molecule has 1 saturated heterocycles. The van der Waals surface area contributed by atoms with Gasteiger partial charge < -0.3 is 10.0 Å². The lowest BCUT2D eigenvalue weighted by molar-refractivity contribution is -0.140. The molecule has 3 aliphatic rings. The minimum atomic E-state index is -0.701. The fourth-order valence-corrected chi connectivity index (χ4v) is 3.23. The molecule has 4 nitrogen and oxygen atoms in total. The Labute approximate surface area is 101 Å². The van der Waals surface area contributed by atoms with Crippen LogP contribution in [0, 0.1) is 11.8 Å². The SMILES string of the molecule is O=C(O)CC1CCN(C(=O)C2CC2)C2(CC2)C1. The first kappa shape index (κ1) is 11.1. The minimum Gasteiger partial charge on any atom is -0.481 e. The molecule has 0 aromatic carbocycles. The third-order valence-electron chi connectivity index (χ3n) is 4.49. The molecule has 0 radical (unpaired) electrons. The molecule has 0 bridgehead atoms. The summed E-state index contributed by atoms with van der Waals surface area (Å²) in [4.78, 5) is 25.0. The largest absolute Gasteiger partial charge is 0.481 e. The van der Waals surface area contributed by atoms with Gasteiger partial charge in [-0.25, -0.2) is 0 Å². The lowest BCUT2D eigenvalue weighted by Gasteiger charge is -2.40. The number of amides is 1. The van der Waals surface area contributed by atoms with E-state index in [4.69, 9.17) is 5.11 Å². The van der Waals surface area contributed by atoms with Crippen molar-refractivity contribution >= 4 is 11.9 Å². The maximum atomic E-state index is 12.2. The van der Waals surface area contributed by atoms with Gasteiger partial charge in [0.1, 0.15) is 0 Å². The molecule has 0 aromatic heterocycles. The Kier molecular flexibility index (Phi) is 2.42. The molecular formula is C13H19NO3. The zero-order valence-electron chi connectivity index (χ0n) is 10.0. The Morgan fingerprint density at radius 1 is 1.24 bits per heavy atom. The maximum Gasteiger partial charge on any atom is 0.303 e. The van der Waals surface area contributed by atoms with Gasteiger partial charge in [-0.1, -0.05) is 0 Å². The second-order valence-corrected chi connectivity index (χ2v) is 5.95. The normalized spacial score (nSPS) is 30.4. The quantitative estimate of drug-likeness (QED) is 0.811. The van der Waals surface area contributed by atoms with Crippen molar-refractivity contribution in [3.63, 3.8) is 0 Å². The molecule has 0 aromatic rings. The number of carbonyl (C=O) groups excluding carboxylic acids is 1. The van der Waals surface area contributed by atoms with Crippen molar-refractivity contribution in [1.29, 1.82) is 0 Å². The average molecular weight is 237 g/mol. The van der Waals surface area contributed by atoms with Gasteiger partial charge >= 0.3 is 5.97 Å². The van der Waals surface area contributed by atoms with Gasteiger partial charge in [0.2, 0.25) is 5.91 Å². The number of likely N-dealkylation sites (tertiary alicyclic amines) is 1. The van der Waals surface area contributed by atoms with Crippen molar-refractivity contribution in [2.75, 3.05) is 6.54 Å². The summed E-state index contributed by atoms with van der Waals surface area (Å²) >= 11 is 0. The number of carbonyl (C=O) groups is 2. The zero-order chi connectivity index (χ0) is 12.0. The molecule has 1 heterocycles. The molecule has 17 heavy (non-hydrogen) atoms. The number of piperidine rings is 1. The number of carboxylic acid groups (broad SMARTS) is 1. The van der Waals surface area contributed by atoms with Gasteiger partial charge in [0.05, 0.1) is 0 Å². The van der Waals surface area contributed by atoms with Crippen LogP contribution in [0.3, 0.4) is 0 Å². The predicted octanol–water partition coefficient (Wildman–Crippen LogP) is 1.64. The van der Waals surface area contributed by atoms with Crippen LogP contribution < -0.4 is 0 Å². The fraction of sp³-hybridized carbons (Fsp3) is 0.846. The maximum absolute atomic E-state index is 12.2. The van der Waals surface area contributed by atoms with Crippen LogP contribution in [0.15, 0.2) is 0 Å². The van der Waals surface area contributed by atoms with E-state index in [2.05, 4.69) is 4.90 Å². The van der Waals surface area contributed by atoms with Crippen molar-refractivity contribution in [2.45, 2.75) is 50.5 Å². The first-order chi connectivity index (χ1) is 8.11. The second kappa shape index (κ2) is 3.72. The van der Waals surface area contributed by atoms with Gasteiger partial charge in [-0.3, -0.25) is 9.59 Å². The molecule has 1 spiro atoms. The van der Waals surface area contributed by atoms with Crippen LogP contribution in [0.25, 0.3) is 0 Å². The van der Waals surface area contributed by atoms with Crippen molar-refractivity contribution in [2.24, 2.45) is 11.8 Å². The molecule has 2 saturated carbocycles. The van der Waals surface area contributed by atoms with E-state index in [1.807, 2.05) is 0 Å². The molecule has 94 valence electrons. The summed E-state index contributed by atoms with van der Waals surface area (Å²) in [5, 5.41) is 8.85. The van der Waals surface area contributed by atoms with Crippen LogP contribution in [-0.2, 0) is 9.59 Å². The summed E-state index contributed by atoms with van der Waals surface area (Å²) in [6.07, 6.45) is 6.34. The van der Waals surface area contributed by atoms with Gasteiger partial charge in [0.15, 0.2) is 0 Å². The van der Waals surface area contributed by atoms with Gasteiger partial charge in [0, 0.05) is 24.4 Å². The van der Waals surface area contributed by atoms with Crippen molar-refractivity contribution < 1.29 is 14.7 Å². The Bertz CT molecular complexity index is 358. The summed E-state index contributed by atoms with van der Waals surface area (Å²) in [6.45, 7) is 0.785. The highest BCUT2D eigenvalue weighted by atomic mass is 16.4. The Balaban J connectivity index is 1.65. The fourth-order valence-electron chi connectivity index (χ4n) is 3.23. The van der Waals surface area contributed by atoms with Gasteiger partial charge in [-0.15, -0.1) is 0 Å². The van der Waals surface area contributed by atoms with Crippen LogP contribution in [0.5, 0.6) is 0 Å². The Morgan fingerprint density at radius 2 is 1.94 bits per heavy atom. The summed E-state index contributed by atoms with van der Waals surface area (Å²) in [5.74, 6) is 0.214. The van der Waals surface area contributed by atoms with Crippen LogP contribution in [-0.4, -0.2) is 34.0 Å². The number of nitrogens with zero attached hydrogens (tertiary/aromatic N) is 1. The molecule has 3 rings (SSSR count). The third-order valence-corrected chi connectivity index (χ3v) is 4.49. The highest BCUT2D eigenvalue weighted by Crippen LogP contribution is 2.52. The van der Waals surface area contributed by atoms with E-state index >= 15 is 0 Å². The predicted molar refractivity (Wildman–Crippen MR) is 61.4 cm³/mol. The lowest BCUT2D eigenvalue weighted by Crippen LogP contribution is -2.48. The van der Waals surface area contributed by atoms with E-state index in [-0.39, 0.29) is 17.9 Å². The molecule has 1 aliphatic heterocycles. The van der Waals surface area contributed by atoms with E-state index in [0.717, 1.165) is 45.1 Å². The Hall–Kier alpha value is -1.06. The summed E-state index contributed by atoms with van der Waals surface area (Å²) in [5.41, 5.74) is 0.0675. The summed E-state index contributed by atoms with van der Waals surface area (Å²) in [6, 6.07) is 0. The van der Waals surface area contributed by atoms with E-state index in [1.54, 1.807) is 0 Å². The topological polar surface area (TPSA) is 57.6 Å². The lowest BCUT2D eigenvalue weighted by atomic mass is 9.86. The minimum absolute atomic E-state index is 0.0675. The number of carboxylic acids is 1. The second-order valence-electron chi connectivity index (χ2n) is 5.95. The number of hydrogen-bond donors (Lipinski definition) is 1. The van der Waals surface area contributed by atoms with Crippen LogP contribution in [0.2, 0.25) is 0 Å². The molecule has 3 fully saturated rings. The monoisotopic (exact) mass is 237 g/mol. The van der Waals surface area contributed by atoms with E-state index in [1.165, 1.54) is 0 Å². The van der Waals surface area contributed by atoms with Crippen LogP contribution in [0.4, 0.5) is 0 Å². The number of hydrogen-bond acceptors (Lipinski definition) is 2. The van der Waals surface area contributed by atoms with Gasteiger partial charge in [0.25, 0.3) is 0 Å². The highest BCUT2D eigenvalue weighted by Gasteiger charge is 2.54. The third kappa shape index (κ3) is 2.05. The summed E-state index contributed by atoms with van der Waals surface area (Å²) < 4.78 is 0. The molecule has 1 N–H and O–H groups in total. The van der Waals surface area contributed by atoms with Crippen LogP contribution >= 0.6 is 0 Å². The van der Waals surface area contributed by atoms with E-state index < -0.39 is 5.97 Å². The standard InChI is InChI=1S/C13H19NO3/c15-11(16)7-9-3-6-14(12(17)10-1-2-10)13(8-9)4-5-13/h9-10H,1-8H2,(H,15,16). The first-order valence-electron chi connectivity index (χ1n) is 6.64. The molecule has 2 aliphatic carbocycles.